The molecule has 0 saturated carbocycles. The molecule has 132 valence electrons. The van der Waals surface area contributed by atoms with E-state index in [1.807, 2.05) is 0 Å². The van der Waals surface area contributed by atoms with E-state index in [9.17, 15) is 18.8 Å². The third kappa shape index (κ3) is 3.86. The van der Waals surface area contributed by atoms with Gasteiger partial charge in [0, 0.05) is 12.3 Å². The summed E-state index contributed by atoms with van der Waals surface area (Å²) in [4.78, 5) is 35.5. The Labute approximate surface area is 147 Å². The molecule has 0 spiro atoms. The smallest absolute Gasteiger partial charge is 0.305 e. The van der Waals surface area contributed by atoms with Crippen molar-refractivity contribution in [3.05, 3.63) is 94.0 Å². The summed E-state index contributed by atoms with van der Waals surface area (Å²) in [6.45, 7) is 0.161. The van der Waals surface area contributed by atoms with Gasteiger partial charge in [0.05, 0.1) is 12.1 Å². The number of furan rings is 1. The molecule has 2 heterocycles. The largest absolute Gasteiger partial charge is 0.454 e. The Hall–Kier alpha value is -3.68. The molecule has 3 aromatic rings. The fraction of sp³-hybridized carbons (Fsp3) is 0.0556. The number of hydrazine groups is 1. The van der Waals surface area contributed by atoms with Crippen LogP contribution in [0.25, 0.3) is 0 Å². The van der Waals surface area contributed by atoms with Crippen molar-refractivity contribution < 1.29 is 18.4 Å². The molecule has 0 fully saturated rings. The van der Waals surface area contributed by atoms with E-state index in [1.54, 1.807) is 24.4 Å². The summed E-state index contributed by atoms with van der Waals surface area (Å²) in [5, 5.41) is 0. The summed E-state index contributed by atoms with van der Waals surface area (Å²) in [5.74, 6) is -1.87. The van der Waals surface area contributed by atoms with Crippen LogP contribution in [0.4, 0.5) is 4.39 Å². The second-order valence-corrected chi connectivity index (χ2v) is 5.32. The Bertz CT molecular complexity index is 1010. The first-order valence-corrected chi connectivity index (χ1v) is 7.64. The Balaban J connectivity index is 1.62. The number of halogens is 1. The first kappa shape index (κ1) is 17.2. The molecule has 26 heavy (non-hydrogen) atoms. The highest BCUT2D eigenvalue weighted by Gasteiger charge is 2.15. The average Bonchev–Trinajstić information content (AvgIpc) is 3.10. The summed E-state index contributed by atoms with van der Waals surface area (Å²) in [6, 6.07) is 13.1. The molecule has 0 aliphatic carbocycles. The van der Waals surface area contributed by atoms with Gasteiger partial charge in [0.1, 0.15) is 11.6 Å². The molecular formula is C18H14FN3O4. The summed E-state index contributed by atoms with van der Waals surface area (Å²) >= 11 is 0. The fourth-order valence-electron chi connectivity index (χ4n) is 2.23. The van der Waals surface area contributed by atoms with E-state index in [1.165, 1.54) is 34.9 Å². The SMILES string of the molecule is O=C(NNC(=O)c1ccccc1F)c1ccc(Cn2ccccc2=O)o1. The molecule has 0 bridgehead atoms. The van der Waals surface area contributed by atoms with Crippen LogP contribution in [0.3, 0.4) is 0 Å². The van der Waals surface area contributed by atoms with E-state index in [0.717, 1.165) is 6.07 Å². The van der Waals surface area contributed by atoms with E-state index < -0.39 is 17.6 Å². The maximum absolute atomic E-state index is 13.5. The number of amides is 2. The summed E-state index contributed by atoms with van der Waals surface area (Å²) in [7, 11) is 0. The van der Waals surface area contributed by atoms with E-state index in [2.05, 4.69) is 10.9 Å². The number of hydrogen-bond acceptors (Lipinski definition) is 4. The zero-order valence-corrected chi connectivity index (χ0v) is 13.4. The molecule has 0 radical (unpaired) electrons. The van der Waals surface area contributed by atoms with E-state index >= 15 is 0 Å². The Morgan fingerprint density at radius 2 is 1.69 bits per heavy atom. The van der Waals surface area contributed by atoms with Crippen molar-refractivity contribution in [2.75, 3.05) is 0 Å². The van der Waals surface area contributed by atoms with Gasteiger partial charge in [-0.05, 0) is 30.3 Å². The topological polar surface area (TPSA) is 93.3 Å². The third-order valence-electron chi connectivity index (χ3n) is 3.52. The van der Waals surface area contributed by atoms with Crippen molar-refractivity contribution in [2.45, 2.75) is 6.54 Å². The minimum Gasteiger partial charge on any atom is -0.454 e. The maximum Gasteiger partial charge on any atom is 0.305 e. The molecule has 0 aliphatic heterocycles. The number of pyridine rings is 1. The number of rotatable bonds is 4. The molecule has 3 rings (SSSR count). The van der Waals surface area contributed by atoms with Gasteiger partial charge in [-0.1, -0.05) is 18.2 Å². The van der Waals surface area contributed by atoms with Crippen LogP contribution < -0.4 is 16.4 Å². The Morgan fingerprint density at radius 3 is 2.46 bits per heavy atom. The van der Waals surface area contributed by atoms with Gasteiger partial charge < -0.3 is 8.98 Å². The van der Waals surface area contributed by atoms with Crippen molar-refractivity contribution in [1.29, 1.82) is 0 Å². The maximum atomic E-state index is 13.5. The lowest BCUT2D eigenvalue weighted by Gasteiger charge is -2.06. The Kier molecular flexibility index (Phi) is 4.93. The van der Waals surface area contributed by atoms with Gasteiger partial charge in [-0.15, -0.1) is 0 Å². The van der Waals surface area contributed by atoms with Gasteiger partial charge in [0.25, 0.3) is 11.5 Å². The first-order valence-electron chi connectivity index (χ1n) is 7.64. The minimum atomic E-state index is -0.793. The predicted molar refractivity (Wildman–Crippen MR) is 89.8 cm³/mol. The van der Waals surface area contributed by atoms with Crippen molar-refractivity contribution >= 4 is 11.8 Å². The summed E-state index contributed by atoms with van der Waals surface area (Å²) < 4.78 is 20.3. The van der Waals surface area contributed by atoms with Crippen LogP contribution in [0.1, 0.15) is 26.7 Å². The quantitative estimate of drug-likeness (QED) is 0.697. The zero-order chi connectivity index (χ0) is 18.5. The number of nitrogens with one attached hydrogen (secondary N) is 2. The van der Waals surface area contributed by atoms with Gasteiger partial charge in [-0.3, -0.25) is 25.2 Å². The monoisotopic (exact) mass is 355 g/mol. The van der Waals surface area contributed by atoms with Gasteiger partial charge in [-0.2, -0.15) is 0 Å². The standard InChI is InChI=1S/C18H14FN3O4/c19-14-6-2-1-5-13(14)17(24)20-21-18(25)15-9-8-12(26-15)11-22-10-4-3-7-16(22)23/h1-10H,11H2,(H,20,24)(H,21,25). The molecule has 2 amide bonds. The molecule has 0 saturated heterocycles. The van der Waals surface area contributed by atoms with Crippen molar-refractivity contribution in [3.8, 4) is 0 Å². The molecule has 0 aliphatic rings. The van der Waals surface area contributed by atoms with Crippen molar-refractivity contribution in [1.82, 2.24) is 15.4 Å². The Morgan fingerprint density at radius 1 is 0.962 bits per heavy atom. The molecule has 2 aromatic heterocycles. The van der Waals surface area contributed by atoms with Crippen molar-refractivity contribution in [3.63, 3.8) is 0 Å². The molecule has 0 atom stereocenters. The number of carbonyl (C=O) groups is 2. The summed E-state index contributed by atoms with van der Waals surface area (Å²) in [6.07, 6.45) is 1.60. The van der Waals surface area contributed by atoms with Gasteiger partial charge in [-0.25, -0.2) is 4.39 Å². The second kappa shape index (κ2) is 7.47. The van der Waals surface area contributed by atoms with Crippen LogP contribution in [0.5, 0.6) is 0 Å². The molecule has 0 unspecified atom stereocenters. The van der Waals surface area contributed by atoms with Gasteiger partial charge in [0.15, 0.2) is 5.76 Å². The van der Waals surface area contributed by atoms with Gasteiger partial charge in [0.2, 0.25) is 0 Å². The third-order valence-corrected chi connectivity index (χ3v) is 3.52. The lowest BCUT2D eigenvalue weighted by Crippen LogP contribution is -2.41. The van der Waals surface area contributed by atoms with Gasteiger partial charge >= 0.3 is 5.91 Å². The number of benzene rings is 1. The lowest BCUT2D eigenvalue weighted by molar-refractivity contribution is 0.0827. The number of nitrogens with zero attached hydrogens (tertiary/aromatic N) is 1. The van der Waals surface area contributed by atoms with Crippen LogP contribution in [-0.2, 0) is 6.54 Å². The van der Waals surface area contributed by atoms with E-state index in [4.69, 9.17) is 4.42 Å². The highest BCUT2D eigenvalue weighted by Crippen LogP contribution is 2.09. The van der Waals surface area contributed by atoms with Crippen LogP contribution in [0, 0.1) is 5.82 Å². The van der Waals surface area contributed by atoms with Crippen LogP contribution >= 0.6 is 0 Å². The first-order chi connectivity index (χ1) is 12.5. The summed E-state index contributed by atoms with van der Waals surface area (Å²) in [5.41, 5.74) is 3.86. The minimum absolute atomic E-state index is 0.0576. The number of aromatic nitrogens is 1. The normalized spacial score (nSPS) is 10.3. The molecular weight excluding hydrogens is 341 g/mol. The zero-order valence-electron chi connectivity index (χ0n) is 13.4. The second-order valence-electron chi connectivity index (χ2n) is 5.32. The highest BCUT2D eigenvalue weighted by atomic mass is 19.1. The van der Waals surface area contributed by atoms with E-state index in [0.29, 0.717) is 5.76 Å². The van der Waals surface area contributed by atoms with Crippen molar-refractivity contribution in [2.24, 2.45) is 0 Å². The highest BCUT2D eigenvalue weighted by molar-refractivity contribution is 5.98. The number of carbonyl (C=O) groups excluding carboxylic acids is 2. The molecule has 2 N–H and O–H groups in total. The molecule has 8 heteroatoms. The fourth-order valence-corrected chi connectivity index (χ4v) is 2.23. The lowest BCUT2D eigenvalue weighted by atomic mass is 10.2. The predicted octanol–water partition coefficient (Wildman–Crippen LogP) is 1.70. The van der Waals surface area contributed by atoms with E-state index in [-0.39, 0.29) is 23.4 Å². The molecule has 1 aromatic carbocycles. The van der Waals surface area contributed by atoms with Crippen LogP contribution in [0.15, 0.2) is 70.0 Å². The van der Waals surface area contributed by atoms with Crippen LogP contribution in [-0.4, -0.2) is 16.4 Å². The average molecular weight is 355 g/mol. The van der Waals surface area contributed by atoms with Crippen LogP contribution in [0.2, 0.25) is 0 Å². The number of hydrogen-bond donors (Lipinski definition) is 2. The molecule has 7 nitrogen and oxygen atoms in total.